The van der Waals surface area contributed by atoms with E-state index in [2.05, 4.69) is 62.4 Å². The molecule has 0 aliphatic heterocycles. The summed E-state index contributed by atoms with van der Waals surface area (Å²) in [6.45, 7) is 13.2. The van der Waals surface area contributed by atoms with Gasteiger partial charge in [0.1, 0.15) is 0 Å². The normalized spacial score (nSPS) is 14.9. The smallest absolute Gasteiger partial charge is 0.311 e. The fourth-order valence-corrected chi connectivity index (χ4v) is 6.40. The summed E-state index contributed by atoms with van der Waals surface area (Å²) < 4.78 is 15.8. The molecule has 42 heavy (non-hydrogen) atoms. The Balaban J connectivity index is 2.47. The third-order valence-electron chi connectivity index (χ3n) is 8.66. The highest BCUT2D eigenvalue weighted by molar-refractivity contribution is 5.76. The lowest BCUT2D eigenvalue weighted by Gasteiger charge is -2.32. The van der Waals surface area contributed by atoms with Crippen molar-refractivity contribution in [1.82, 2.24) is 0 Å². The van der Waals surface area contributed by atoms with E-state index in [0.717, 1.165) is 25.7 Å². The van der Waals surface area contributed by atoms with Gasteiger partial charge in [-0.2, -0.15) is 0 Å². The van der Waals surface area contributed by atoms with Crippen molar-refractivity contribution in [2.45, 2.75) is 91.9 Å². The van der Waals surface area contributed by atoms with Gasteiger partial charge in [-0.05, 0) is 102 Å². The summed E-state index contributed by atoms with van der Waals surface area (Å²) in [5.74, 6) is 0.307. The molecule has 0 aliphatic carbocycles. The molecule has 2 aromatic rings. The molecule has 3 atom stereocenters. The van der Waals surface area contributed by atoms with Crippen molar-refractivity contribution in [2.75, 3.05) is 27.9 Å². The number of allylic oxidation sites excluding steroid dienone is 2. The number of ether oxygens (including phenoxy) is 3. The number of carbonyl (C=O) groups excluding carboxylic acids is 2. The van der Waals surface area contributed by atoms with E-state index in [1.807, 2.05) is 39.8 Å². The largest absolute Gasteiger partial charge is 0.469 e. The van der Waals surface area contributed by atoms with Crippen LogP contribution < -0.4 is 0 Å². The number of hydrogen-bond acceptors (Lipinski definition) is 5. The molecule has 0 saturated carbocycles. The zero-order chi connectivity index (χ0) is 31.3. The van der Waals surface area contributed by atoms with Gasteiger partial charge in [0, 0.05) is 13.7 Å². The summed E-state index contributed by atoms with van der Waals surface area (Å²) >= 11 is 0. The number of carbonyl (C=O) groups is 2. The maximum atomic E-state index is 12.7. The van der Waals surface area contributed by atoms with Crippen molar-refractivity contribution in [2.24, 2.45) is 16.7 Å². The predicted molar refractivity (Wildman–Crippen MR) is 171 cm³/mol. The number of hydrogen-bond donors (Lipinski definition) is 0. The molecule has 0 heterocycles. The van der Waals surface area contributed by atoms with Gasteiger partial charge in [0.15, 0.2) is 0 Å². The lowest BCUT2D eigenvalue weighted by Crippen LogP contribution is -2.28. The average molecular weight is 579 g/mol. The molecule has 0 amide bonds. The summed E-state index contributed by atoms with van der Waals surface area (Å²) in [6, 6.07) is 21.0. The Morgan fingerprint density at radius 3 is 1.64 bits per heavy atom. The van der Waals surface area contributed by atoms with Gasteiger partial charge in [-0.25, -0.2) is 0 Å². The van der Waals surface area contributed by atoms with E-state index in [1.165, 1.54) is 36.5 Å². The first-order valence-electron chi connectivity index (χ1n) is 15.3. The Hall–Kier alpha value is -2.92. The molecule has 2 rings (SSSR count). The van der Waals surface area contributed by atoms with E-state index >= 15 is 0 Å². The van der Waals surface area contributed by atoms with E-state index < -0.39 is 10.8 Å². The lowest BCUT2D eigenvalue weighted by atomic mass is 9.73. The molecule has 2 aromatic carbocycles. The molecule has 0 N–H and O–H groups in total. The number of rotatable bonds is 17. The third-order valence-corrected chi connectivity index (χ3v) is 8.66. The van der Waals surface area contributed by atoms with Crippen LogP contribution in [0, 0.1) is 16.7 Å². The van der Waals surface area contributed by atoms with Crippen LogP contribution in [0.5, 0.6) is 0 Å². The van der Waals surface area contributed by atoms with Gasteiger partial charge < -0.3 is 14.2 Å². The summed E-state index contributed by atoms with van der Waals surface area (Å²) in [6.07, 6.45) is 5.08. The predicted octanol–water partition coefficient (Wildman–Crippen LogP) is 8.89. The van der Waals surface area contributed by atoms with Crippen LogP contribution in [0.3, 0.4) is 0 Å². The molecule has 5 nitrogen and oxygen atoms in total. The second-order valence-electron chi connectivity index (χ2n) is 13.1. The molecule has 0 saturated heterocycles. The summed E-state index contributed by atoms with van der Waals surface area (Å²) in [5, 5.41) is 0. The first kappa shape index (κ1) is 35.3. The van der Waals surface area contributed by atoms with Gasteiger partial charge in [-0.1, -0.05) is 78.7 Å². The van der Waals surface area contributed by atoms with Crippen LogP contribution in [-0.4, -0.2) is 39.9 Å². The Kier molecular flexibility index (Phi) is 14.0. The third kappa shape index (κ3) is 10.4. The highest BCUT2D eigenvalue weighted by Gasteiger charge is 2.35. The number of methoxy groups -OCH3 is 3. The Morgan fingerprint density at radius 2 is 1.19 bits per heavy atom. The fourth-order valence-electron chi connectivity index (χ4n) is 6.40. The van der Waals surface area contributed by atoms with Gasteiger partial charge in [-0.3, -0.25) is 9.59 Å². The lowest BCUT2D eigenvalue weighted by molar-refractivity contribution is -0.152. The maximum absolute atomic E-state index is 12.7. The molecular formula is C37H54O5. The minimum atomic E-state index is -0.602. The molecule has 5 heteroatoms. The molecule has 0 aromatic heterocycles. The van der Waals surface area contributed by atoms with Crippen LogP contribution >= 0.6 is 0 Å². The van der Waals surface area contributed by atoms with Crippen molar-refractivity contribution >= 4 is 11.9 Å². The zero-order valence-corrected chi connectivity index (χ0v) is 27.5. The Bertz CT molecular complexity index is 1130. The molecule has 0 radical (unpaired) electrons. The summed E-state index contributed by atoms with van der Waals surface area (Å²) in [4.78, 5) is 25.3. The van der Waals surface area contributed by atoms with Crippen molar-refractivity contribution in [3.05, 3.63) is 82.9 Å². The molecular weight excluding hydrogens is 524 g/mol. The second kappa shape index (κ2) is 16.6. The van der Waals surface area contributed by atoms with E-state index in [-0.39, 0.29) is 23.8 Å². The van der Waals surface area contributed by atoms with Crippen LogP contribution in [0.4, 0.5) is 0 Å². The van der Waals surface area contributed by atoms with E-state index in [0.29, 0.717) is 25.4 Å². The van der Waals surface area contributed by atoms with Crippen LogP contribution in [-0.2, 0) is 23.8 Å². The van der Waals surface area contributed by atoms with E-state index in [4.69, 9.17) is 14.2 Å². The quantitative estimate of drug-likeness (QED) is 0.107. The van der Waals surface area contributed by atoms with Crippen LogP contribution in [0.2, 0.25) is 0 Å². The molecule has 0 spiro atoms. The van der Waals surface area contributed by atoms with Gasteiger partial charge in [0.2, 0.25) is 0 Å². The molecule has 3 unspecified atom stereocenters. The summed E-state index contributed by atoms with van der Waals surface area (Å²) in [5.41, 5.74) is 4.10. The van der Waals surface area contributed by atoms with Crippen molar-refractivity contribution < 1.29 is 23.8 Å². The first-order valence-corrected chi connectivity index (χ1v) is 15.3. The van der Waals surface area contributed by atoms with Gasteiger partial charge in [0.05, 0.1) is 25.0 Å². The van der Waals surface area contributed by atoms with E-state index in [1.54, 1.807) is 7.11 Å². The van der Waals surface area contributed by atoms with Crippen molar-refractivity contribution in [1.29, 1.82) is 0 Å². The fraction of sp³-hybridized carbons (Fsp3) is 0.568. The standard InChI is InChI=1S/C37H54O5/c1-27(23-31(29-17-12-10-13-18-29)25-36(3,4)34(38)41-8)33(21-16-22-40-7)28(2)24-32(30-19-14-11-15-20-30)26-37(5,6)35(39)42-9/h10-15,17-20,27,31-32H,16,21-26H2,1-9H3. The van der Waals surface area contributed by atoms with E-state index in [9.17, 15) is 9.59 Å². The molecule has 0 fully saturated rings. The topological polar surface area (TPSA) is 61.8 Å². The average Bonchev–Trinajstić information content (AvgIpc) is 2.98. The highest BCUT2D eigenvalue weighted by atomic mass is 16.5. The van der Waals surface area contributed by atoms with Crippen molar-refractivity contribution in [3.8, 4) is 0 Å². The monoisotopic (exact) mass is 578 g/mol. The SMILES string of the molecule is COCCCC(=C(C)CC(CC(C)(C)C(=O)OC)c1ccccc1)C(C)CC(CC(C)(C)C(=O)OC)c1ccccc1. The van der Waals surface area contributed by atoms with Gasteiger partial charge in [0.25, 0.3) is 0 Å². The van der Waals surface area contributed by atoms with Crippen LogP contribution in [0.1, 0.15) is 103 Å². The zero-order valence-electron chi connectivity index (χ0n) is 27.5. The van der Waals surface area contributed by atoms with Crippen molar-refractivity contribution in [3.63, 3.8) is 0 Å². The molecule has 0 aliphatic rings. The number of benzene rings is 2. The Morgan fingerprint density at radius 1 is 0.738 bits per heavy atom. The second-order valence-corrected chi connectivity index (χ2v) is 13.1. The summed E-state index contributed by atoms with van der Waals surface area (Å²) in [7, 11) is 4.68. The minimum Gasteiger partial charge on any atom is -0.469 e. The first-order chi connectivity index (χ1) is 19.9. The van der Waals surface area contributed by atoms with Crippen LogP contribution in [0.15, 0.2) is 71.8 Å². The van der Waals surface area contributed by atoms with Crippen LogP contribution in [0.25, 0.3) is 0 Å². The maximum Gasteiger partial charge on any atom is 0.311 e. The molecule has 232 valence electrons. The Labute approximate surface area is 255 Å². The van der Waals surface area contributed by atoms with Gasteiger partial charge in [-0.15, -0.1) is 0 Å². The minimum absolute atomic E-state index is 0.174. The number of esters is 2. The highest BCUT2D eigenvalue weighted by Crippen LogP contribution is 2.42. The van der Waals surface area contributed by atoms with Gasteiger partial charge >= 0.3 is 11.9 Å². The molecule has 0 bridgehead atoms.